The number of aliphatic hydroxyl groups is 1. The Morgan fingerprint density at radius 3 is 2.69 bits per heavy atom. The lowest BCUT2D eigenvalue weighted by Gasteiger charge is -2.34. The van der Waals surface area contributed by atoms with E-state index < -0.39 is 5.60 Å². The van der Waals surface area contributed by atoms with Gasteiger partial charge in [-0.2, -0.15) is 0 Å². The molecule has 0 atom stereocenters. The average molecular weight is 383 g/mol. The highest BCUT2D eigenvalue weighted by atomic mass is 35.5. The van der Waals surface area contributed by atoms with E-state index in [0.717, 1.165) is 57.0 Å². The molecule has 0 saturated heterocycles. The number of nitrogens with zero attached hydrogens (tertiary/aromatic N) is 3. The standard InChI is InChI=1S/C19H15ClN4OS/c20-13-9-22-17-12(8-14(24-17)11-2-6-21-7-3-11)16(13)15-10-23-18(26-15)19(25)4-1-5-19/h2-3,6-10,25H,1,4-5H2,(H,22,24). The number of rotatable bonds is 3. The summed E-state index contributed by atoms with van der Waals surface area (Å²) in [6, 6.07) is 5.95. The number of thiazole rings is 1. The molecule has 2 N–H and O–H groups in total. The maximum atomic E-state index is 10.6. The summed E-state index contributed by atoms with van der Waals surface area (Å²) in [5, 5.41) is 12.9. The van der Waals surface area contributed by atoms with Gasteiger partial charge in [0.15, 0.2) is 0 Å². The van der Waals surface area contributed by atoms with E-state index in [1.165, 1.54) is 11.3 Å². The van der Waals surface area contributed by atoms with Gasteiger partial charge < -0.3 is 10.1 Å². The molecule has 1 fully saturated rings. The van der Waals surface area contributed by atoms with Gasteiger partial charge >= 0.3 is 0 Å². The first kappa shape index (κ1) is 15.9. The minimum atomic E-state index is -0.762. The van der Waals surface area contributed by atoms with Gasteiger partial charge in [-0.15, -0.1) is 11.3 Å². The van der Waals surface area contributed by atoms with Crippen LogP contribution in [0.5, 0.6) is 0 Å². The minimum Gasteiger partial charge on any atom is -0.383 e. The highest BCUT2D eigenvalue weighted by Crippen LogP contribution is 2.46. The smallest absolute Gasteiger partial charge is 0.138 e. The molecule has 0 unspecified atom stereocenters. The fraction of sp³-hybridized carbons (Fsp3) is 0.211. The molecule has 130 valence electrons. The van der Waals surface area contributed by atoms with E-state index in [1.807, 2.05) is 12.1 Å². The molecular weight excluding hydrogens is 368 g/mol. The largest absolute Gasteiger partial charge is 0.383 e. The summed E-state index contributed by atoms with van der Waals surface area (Å²) in [4.78, 5) is 17.2. The molecule has 0 bridgehead atoms. The number of aromatic amines is 1. The van der Waals surface area contributed by atoms with Crippen molar-refractivity contribution in [1.29, 1.82) is 0 Å². The topological polar surface area (TPSA) is 74.7 Å². The number of hydrogen-bond acceptors (Lipinski definition) is 5. The number of halogens is 1. The number of pyridine rings is 2. The van der Waals surface area contributed by atoms with E-state index in [-0.39, 0.29) is 0 Å². The van der Waals surface area contributed by atoms with Crippen molar-refractivity contribution in [2.75, 3.05) is 0 Å². The van der Waals surface area contributed by atoms with Crippen LogP contribution in [0.25, 0.3) is 32.7 Å². The first-order valence-corrected chi connectivity index (χ1v) is 9.60. The van der Waals surface area contributed by atoms with Crippen LogP contribution in [0, 0.1) is 0 Å². The molecule has 1 saturated carbocycles. The number of H-pyrrole nitrogens is 1. The van der Waals surface area contributed by atoms with Gasteiger partial charge in [-0.3, -0.25) is 4.98 Å². The van der Waals surface area contributed by atoms with Gasteiger partial charge in [0.25, 0.3) is 0 Å². The fourth-order valence-corrected chi connectivity index (χ4v) is 4.76. The molecule has 5 nitrogen and oxygen atoms in total. The second-order valence-corrected chi connectivity index (χ2v) is 8.01. The number of hydrogen-bond donors (Lipinski definition) is 2. The van der Waals surface area contributed by atoms with Crippen LogP contribution in [-0.2, 0) is 5.60 Å². The summed E-state index contributed by atoms with van der Waals surface area (Å²) in [6.45, 7) is 0. The Labute approximate surface area is 158 Å². The highest BCUT2D eigenvalue weighted by Gasteiger charge is 2.39. The predicted octanol–water partition coefficient (Wildman–Crippen LogP) is 4.77. The van der Waals surface area contributed by atoms with Crippen molar-refractivity contribution in [3.63, 3.8) is 0 Å². The first-order chi connectivity index (χ1) is 12.6. The Hall–Kier alpha value is -2.28. The third-order valence-corrected chi connectivity index (χ3v) is 6.43. The lowest BCUT2D eigenvalue weighted by atomic mass is 9.81. The van der Waals surface area contributed by atoms with Crippen LogP contribution in [0.4, 0.5) is 0 Å². The van der Waals surface area contributed by atoms with Gasteiger partial charge in [0, 0.05) is 47.0 Å². The van der Waals surface area contributed by atoms with Gasteiger partial charge in [0.1, 0.15) is 16.3 Å². The predicted molar refractivity (Wildman–Crippen MR) is 103 cm³/mol. The molecule has 4 aromatic rings. The van der Waals surface area contributed by atoms with E-state index in [2.05, 4.69) is 26.0 Å². The zero-order valence-corrected chi connectivity index (χ0v) is 15.3. The minimum absolute atomic E-state index is 0.577. The Balaban J connectivity index is 1.65. The van der Waals surface area contributed by atoms with Crippen LogP contribution in [0.15, 0.2) is 43.0 Å². The molecule has 0 aromatic carbocycles. The molecular formula is C19H15ClN4OS. The zero-order valence-electron chi connectivity index (χ0n) is 13.7. The lowest BCUT2D eigenvalue weighted by molar-refractivity contribution is -0.0389. The second-order valence-electron chi connectivity index (χ2n) is 6.58. The van der Waals surface area contributed by atoms with Crippen LogP contribution in [0.2, 0.25) is 5.02 Å². The van der Waals surface area contributed by atoms with Crippen molar-refractivity contribution in [3.8, 4) is 21.7 Å². The SMILES string of the molecule is OC1(c2ncc(-c3c(Cl)cnc4[nH]c(-c5ccncc5)cc34)s2)CCC1. The summed E-state index contributed by atoms with van der Waals surface area (Å²) in [6.07, 6.45) is 9.57. The molecule has 0 radical (unpaired) electrons. The van der Waals surface area contributed by atoms with Crippen molar-refractivity contribution < 1.29 is 5.11 Å². The Morgan fingerprint density at radius 2 is 1.96 bits per heavy atom. The summed E-state index contributed by atoms with van der Waals surface area (Å²) < 4.78 is 0. The van der Waals surface area contributed by atoms with Gasteiger partial charge in [-0.05, 0) is 37.5 Å². The number of fused-ring (bicyclic) bond motifs is 1. The number of nitrogens with one attached hydrogen (secondary N) is 1. The maximum Gasteiger partial charge on any atom is 0.138 e. The maximum absolute atomic E-state index is 10.6. The lowest BCUT2D eigenvalue weighted by Crippen LogP contribution is -2.33. The molecule has 26 heavy (non-hydrogen) atoms. The van der Waals surface area contributed by atoms with E-state index in [9.17, 15) is 5.11 Å². The summed E-state index contributed by atoms with van der Waals surface area (Å²) in [5.41, 5.74) is 2.91. The molecule has 0 amide bonds. The van der Waals surface area contributed by atoms with Crippen LogP contribution >= 0.6 is 22.9 Å². The van der Waals surface area contributed by atoms with Gasteiger partial charge in [-0.25, -0.2) is 9.97 Å². The quantitative estimate of drug-likeness (QED) is 0.535. The Bertz CT molecular complexity index is 1100. The molecule has 1 aliphatic carbocycles. The fourth-order valence-electron chi connectivity index (χ4n) is 3.32. The van der Waals surface area contributed by atoms with E-state index >= 15 is 0 Å². The first-order valence-electron chi connectivity index (χ1n) is 8.41. The van der Waals surface area contributed by atoms with Crippen LogP contribution in [0.1, 0.15) is 24.3 Å². The monoisotopic (exact) mass is 382 g/mol. The van der Waals surface area contributed by atoms with Crippen molar-refractivity contribution in [1.82, 2.24) is 19.9 Å². The molecule has 1 aliphatic rings. The normalized spacial score (nSPS) is 15.9. The highest BCUT2D eigenvalue weighted by molar-refractivity contribution is 7.15. The van der Waals surface area contributed by atoms with E-state index in [0.29, 0.717) is 5.02 Å². The van der Waals surface area contributed by atoms with Crippen molar-refractivity contribution >= 4 is 34.0 Å². The molecule has 4 aromatic heterocycles. The summed E-state index contributed by atoms with van der Waals surface area (Å²) in [7, 11) is 0. The zero-order chi connectivity index (χ0) is 17.7. The second kappa shape index (κ2) is 5.87. The third kappa shape index (κ3) is 2.45. The van der Waals surface area contributed by atoms with Gasteiger partial charge in [-0.1, -0.05) is 11.6 Å². The van der Waals surface area contributed by atoms with Crippen molar-refractivity contribution in [2.24, 2.45) is 0 Å². The van der Waals surface area contributed by atoms with Gasteiger partial charge in [0.2, 0.25) is 0 Å². The molecule has 0 spiro atoms. The molecule has 4 heterocycles. The van der Waals surface area contributed by atoms with Gasteiger partial charge in [0.05, 0.1) is 9.90 Å². The average Bonchev–Trinajstić information content (AvgIpc) is 3.28. The molecule has 0 aliphatic heterocycles. The molecule has 5 rings (SSSR count). The van der Waals surface area contributed by atoms with Crippen molar-refractivity contribution in [3.05, 3.63) is 53.0 Å². The van der Waals surface area contributed by atoms with Crippen molar-refractivity contribution in [2.45, 2.75) is 24.9 Å². The third-order valence-electron chi connectivity index (χ3n) is 4.93. The Morgan fingerprint density at radius 1 is 1.15 bits per heavy atom. The summed E-state index contributed by atoms with van der Waals surface area (Å²) >= 11 is 8.00. The van der Waals surface area contributed by atoms with Crippen LogP contribution in [0.3, 0.4) is 0 Å². The molecule has 7 heteroatoms. The number of aromatic nitrogens is 4. The van der Waals surface area contributed by atoms with Crippen LogP contribution in [-0.4, -0.2) is 25.0 Å². The van der Waals surface area contributed by atoms with E-state index in [4.69, 9.17) is 11.6 Å². The Kier molecular flexibility index (Phi) is 3.60. The summed E-state index contributed by atoms with van der Waals surface area (Å²) in [5.74, 6) is 0. The van der Waals surface area contributed by atoms with Crippen LogP contribution < -0.4 is 0 Å². The van der Waals surface area contributed by atoms with E-state index in [1.54, 1.807) is 24.8 Å².